The first-order chi connectivity index (χ1) is 8.75. The quantitative estimate of drug-likeness (QED) is 0.673. The first kappa shape index (κ1) is 14.9. The van der Waals surface area contributed by atoms with Gasteiger partial charge in [0.15, 0.2) is 0 Å². The van der Waals surface area contributed by atoms with E-state index in [1.54, 1.807) is 13.8 Å². The number of carbonyl (C=O) groups is 1. The molecule has 0 aliphatic carbocycles. The van der Waals surface area contributed by atoms with Gasteiger partial charge in [0.1, 0.15) is 5.82 Å². The topological polar surface area (TPSA) is 83.7 Å². The molecule has 0 aromatic heterocycles. The predicted molar refractivity (Wildman–Crippen MR) is 66.4 cm³/mol. The van der Waals surface area contributed by atoms with Gasteiger partial charge >= 0.3 is 6.09 Å². The van der Waals surface area contributed by atoms with Gasteiger partial charge < -0.3 is 10.0 Å². The zero-order valence-corrected chi connectivity index (χ0v) is 10.8. The Hall–Kier alpha value is -2.18. The molecule has 0 saturated heterocycles. The van der Waals surface area contributed by atoms with Crippen molar-refractivity contribution in [1.29, 1.82) is 0 Å². The Balaban J connectivity index is 3.33. The van der Waals surface area contributed by atoms with E-state index in [0.717, 1.165) is 23.1 Å². The standard InChI is InChI=1S/C12H15FN2O4/c1-7(2)11(14(3)12(16)17)9-6-8(15(18)19)4-5-10(9)13/h4-7,11H,1-3H3,(H,16,17). The maximum Gasteiger partial charge on any atom is 0.407 e. The summed E-state index contributed by atoms with van der Waals surface area (Å²) >= 11 is 0. The first-order valence-corrected chi connectivity index (χ1v) is 5.65. The molecule has 0 bridgehead atoms. The van der Waals surface area contributed by atoms with Crippen LogP contribution in [0, 0.1) is 21.8 Å². The summed E-state index contributed by atoms with van der Waals surface area (Å²) in [5.74, 6) is -0.880. The lowest BCUT2D eigenvalue weighted by Crippen LogP contribution is -2.33. The van der Waals surface area contributed by atoms with Gasteiger partial charge in [-0.3, -0.25) is 10.1 Å². The van der Waals surface area contributed by atoms with Gasteiger partial charge in [-0.2, -0.15) is 0 Å². The van der Waals surface area contributed by atoms with Crippen molar-refractivity contribution in [2.75, 3.05) is 7.05 Å². The maximum absolute atomic E-state index is 13.8. The smallest absolute Gasteiger partial charge is 0.407 e. The summed E-state index contributed by atoms with van der Waals surface area (Å²) < 4.78 is 13.8. The summed E-state index contributed by atoms with van der Waals surface area (Å²) in [6.45, 7) is 3.45. The number of non-ortho nitro benzene ring substituents is 1. The molecule has 0 radical (unpaired) electrons. The molecule has 0 saturated carbocycles. The fourth-order valence-corrected chi connectivity index (χ4v) is 2.01. The van der Waals surface area contributed by atoms with Crippen molar-refractivity contribution in [3.8, 4) is 0 Å². The Labute approximate surface area is 109 Å². The molecule has 0 aliphatic heterocycles. The van der Waals surface area contributed by atoms with E-state index in [-0.39, 0.29) is 17.2 Å². The summed E-state index contributed by atoms with van der Waals surface area (Å²) in [6.07, 6.45) is -1.22. The number of hydrogen-bond donors (Lipinski definition) is 1. The van der Waals surface area contributed by atoms with Crippen LogP contribution in [0.1, 0.15) is 25.5 Å². The Morgan fingerprint density at radius 1 is 1.47 bits per heavy atom. The lowest BCUT2D eigenvalue weighted by atomic mass is 9.94. The van der Waals surface area contributed by atoms with Crippen LogP contribution in [0.3, 0.4) is 0 Å². The normalized spacial score (nSPS) is 12.3. The summed E-state index contributed by atoms with van der Waals surface area (Å²) in [5.41, 5.74) is -0.255. The molecule has 7 heteroatoms. The maximum atomic E-state index is 13.8. The third kappa shape index (κ3) is 3.18. The lowest BCUT2D eigenvalue weighted by molar-refractivity contribution is -0.385. The zero-order chi connectivity index (χ0) is 14.7. The van der Waals surface area contributed by atoms with Crippen LogP contribution in [0.25, 0.3) is 0 Å². The molecular formula is C12H15FN2O4. The van der Waals surface area contributed by atoms with Crippen LogP contribution in [-0.2, 0) is 0 Å². The van der Waals surface area contributed by atoms with Gasteiger partial charge in [-0.15, -0.1) is 0 Å². The van der Waals surface area contributed by atoms with E-state index in [9.17, 15) is 19.3 Å². The van der Waals surface area contributed by atoms with Gasteiger partial charge in [0.25, 0.3) is 5.69 Å². The highest BCUT2D eigenvalue weighted by atomic mass is 19.1. The minimum absolute atomic E-state index is 0.00843. The van der Waals surface area contributed by atoms with Crippen LogP contribution >= 0.6 is 0 Å². The number of rotatable bonds is 4. The van der Waals surface area contributed by atoms with E-state index >= 15 is 0 Å². The van der Waals surface area contributed by atoms with E-state index in [4.69, 9.17) is 5.11 Å². The second-order valence-electron chi connectivity index (χ2n) is 4.55. The Morgan fingerprint density at radius 2 is 2.05 bits per heavy atom. The van der Waals surface area contributed by atoms with Gasteiger partial charge in [0.2, 0.25) is 0 Å². The van der Waals surface area contributed by atoms with E-state index in [0.29, 0.717) is 0 Å². The average Bonchev–Trinajstić information content (AvgIpc) is 2.30. The number of halogens is 1. The predicted octanol–water partition coefficient (Wildman–Crippen LogP) is 3.04. The Bertz CT molecular complexity index is 505. The molecule has 1 rings (SSSR count). The monoisotopic (exact) mass is 270 g/mol. The number of nitro groups is 1. The number of nitro benzene ring substituents is 1. The van der Waals surface area contributed by atoms with E-state index in [1.165, 1.54) is 7.05 Å². The number of amides is 1. The summed E-state index contributed by atoms with van der Waals surface area (Å²) in [4.78, 5) is 22.0. The molecule has 1 N–H and O–H groups in total. The van der Waals surface area contributed by atoms with Gasteiger partial charge in [-0.1, -0.05) is 13.8 Å². The van der Waals surface area contributed by atoms with Crippen LogP contribution in [-0.4, -0.2) is 28.1 Å². The van der Waals surface area contributed by atoms with Gasteiger partial charge in [-0.05, 0) is 12.0 Å². The molecule has 104 valence electrons. The van der Waals surface area contributed by atoms with E-state index < -0.39 is 22.9 Å². The second-order valence-corrected chi connectivity index (χ2v) is 4.55. The number of benzene rings is 1. The highest BCUT2D eigenvalue weighted by molar-refractivity contribution is 5.65. The molecular weight excluding hydrogens is 255 g/mol. The molecule has 0 heterocycles. The summed E-state index contributed by atoms with van der Waals surface area (Å²) in [5, 5.41) is 19.7. The Morgan fingerprint density at radius 3 is 2.47 bits per heavy atom. The Kier molecular flexibility index (Phi) is 4.42. The highest BCUT2D eigenvalue weighted by Crippen LogP contribution is 2.31. The molecule has 6 nitrogen and oxygen atoms in total. The fourth-order valence-electron chi connectivity index (χ4n) is 2.01. The van der Waals surface area contributed by atoms with E-state index in [1.807, 2.05) is 0 Å². The number of carboxylic acid groups (broad SMARTS) is 1. The average molecular weight is 270 g/mol. The van der Waals surface area contributed by atoms with E-state index in [2.05, 4.69) is 0 Å². The molecule has 1 aromatic carbocycles. The van der Waals surface area contributed by atoms with Crippen molar-refractivity contribution < 1.29 is 19.2 Å². The van der Waals surface area contributed by atoms with Crippen molar-refractivity contribution in [2.24, 2.45) is 5.92 Å². The van der Waals surface area contributed by atoms with Gasteiger partial charge in [0, 0.05) is 24.7 Å². The van der Waals surface area contributed by atoms with Crippen molar-refractivity contribution in [3.63, 3.8) is 0 Å². The van der Waals surface area contributed by atoms with Crippen LogP contribution in [0.2, 0.25) is 0 Å². The third-order valence-corrected chi connectivity index (χ3v) is 2.86. The molecule has 1 atom stereocenters. The minimum atomic E-state index is -1.22. The minimum Gasteiger partial charge on any atom is -0.465 e. The van der Waals surface area contributed by atoms with Crippen molar-refractivity contribution in [1.82, 2.24) is 4.90 Å². The van der Waals surface area contributed by atoms with Gasteiger partial charge in [0.05, 0.1) is 11.0 Å². The van der Waals surface area contributed by atoms with Crippen molar-refractivity contribution >= 4 is 11.8 Å². The second kappa shape index (κ2) is 5.64. The molecule has 1 amide bonds. The zero-order valence-electron chi connectivity index (χ0n) is 10.8. The molecule has 1 aromatic rings. The molecule has 1 unspecified atom stereocenters. The van der Waals surface area contributed by atoms with Crippen LogP contribution in [0.15, 0.2) is 18.2 Å². The molecule has 0 fully saturated rings. The largest absolute Gasteiger partial charge is 0.465 e. The first-order valence-electron chi connectivity index (χ1n) is 5.65. The summed E-state index contributed by atoms with van der Waals surface area (Å²) in [7, 11) is 1.31. The van der Waals surface area contributed by atoms with Crippen LogP contribution in [0.5, 0.6) is 0 Å². The SMILES string of the molecule is CC(C)C(c1cc([N+](=O)[O-])ccc1F)N(C)C(=O)O. The van der Waals surface area contributed by atoms with Gasteiger partial charge in [-0.25, -0.2) is 9.18 Å². The fraction of sp³-hybridized carbons (Fsp3) is 0.417. The number of nitrogens with zero attached hydrogens (tertiary/aromatic N) is 2. The lowest BCUT2D eigenvalue weighted by Gasteiger charge is -2.29. The van der Waals surface area contributed by atoms with Crippen LogP contribution < -0.4 is 0 Å². The number of hydrogen-bond acceptors (Lipinski definition) is 3. The molecule has 0 aliphatic rings. The molecule has 19 heavy (non-hydrogen) atoms. The summed E-state index contributed by atoms with van der Waals surface area (Å²) in [6, 6.07) is 2.34. The molecule has 0 spiro atoms. The van der Waals surface area contributed by atoms with Crippen molar-refractivity contribution in [3.05, 3.63) is 39.7 Å². The van der Waals surface area contributed by atoms with Crippen LogP contribution in [0.4, 0.5) is 14.9 Å². The highest BCUT2D eigenvalue weighted by Gasteiger charge is 2.28. The third-order valence-electron chi connectivity index (χ3n) is 2.86. The van der Waals surface area contributed by atoms with Crippen molar-refractivity contribution in [2.45, 2.75) is 19.9 Å².